The van der Waals surface area contributed by atoms with Crippen molar-refractivity contribution in [2.75, 3.05) is 13.6 Å². The Morgan fingerprint density at radius 1 is 1.25 bits per heavy atom. The predicted octanol–water partition coefficient (Wildman–Crippen LogP) is 1.53. The number of benzene rings is 1. The molecule has 0 aliphatic rings. The average Bonchev–Trinajstić information content (AvgIpc) is 2.21. The predicted molar refractivity (Wildman–Crippen MR) is 66.2 cm³/mol. The van der Waals surface area contributed by atoms with E-state index < -0.39 is 0 Å². The van der Waals surface area contributed by atoms with Crippen LogP contribution < -0.4 is 5.73 Å². The Bertz CT molecular complexity index is 376. The second kappa shape index (κ2) is 5.12. The number of hydrogen-bond acceptors (Lipinski definition) is 2. The third-order valence-corrected chi connectivity index (χ3v) is 2.84. The van der Waals surface area contributed by atoms with E-state index in [2.05, 4.69) is 32.9 Å². The average molecular weight is 220 g/mol. The molecule has 0 aliphatic carbocycles. The van der Waals surface area contributed by atoms with Gasteiger partial charge in [0.2, 0.25) is 5.91 Å². The van der Waals surface area contributed by atoms with Crippen molar-refractivity contribution in [2.45, 2.75) is 27.3 Å². The quantitative estimate of drug-likeness (QED) is 0.839. The maximum atomic E-state index is 11.4. The SMILES string of the molecule is Cc1cc(C)c(CN(C)C(=O)CN)c(C)c1. The molecule has 1 aromatic carbocycles. The normalized spacial score (nSPS) is 10.3. The van der Waals surface area contributed by atoms with Crippen LogP contribution in [0, 0.1) is 20.8 Å². The number of nitrogens with two attached hydrogens (primary N) is 1. The fraction of sp³-hybridized carbons (Fsp3) is 0.462. The summed E-state index contributed by atoms with van der Waals surface area (Å²) in [6.45, 7) is 6.94. The first-order valence-corrected chi connectivity index (χ1v) is 5.46. The summed E-state index contributed by atoms with van der Waals surface area (Å²) in [5, 5.41) is 0. The number of nitrogens with zero attached hydrogens (tertiary/aromatic N) is 1. The highest BCUT2D eigenvalue weighted by molar-refractivity contribution is 5.77. The Hall–Kier alpha value is -1.35. The van der Waals surface area contributed by atoms with Gasteiger partial charge >= 0.3 is 0 Å². The number of hydrogen-bond donors (Lipinski definition) is 1. The van der Waals surface area contributed by atoms with Crippen LogP contribution in [-0.2, 0) is 11.3 Å². The van der Waals surface area contributed by atoms with Crippen LogP contribution in [0.5, 0.6) is 0 Å². The summed E-state index contributed by atoms with van der Waals surface area (Å²) in [6, 6.07) is 4.28. The third kappa shape index (κ3) is 2.83. The molecule has 2 N–H and O–H groups in total. The minimum absolute atomic E-state index is 0.0284. The Morgan fingerprint density at radius 3 is 2.19 bits per heavy atom. The molecular formula is C13H20N2O. The molecular weight excluding hydrogens is 200 g/mol. The van der Waals surface area contributed by atoms with Crippen molar-refractivity contribution < 1.29 is 4.79 Å². The molecule has 0 atom stereocenters. The van der Waals surface area contributed by atoms with E-state index in [1.807, 2.05) is 0 Å². The van der Waals surface area contributed by atoms with Crippen LogP contribution in [0.25, 0.3) is 0 Å². The van der Waals surface area contributed by atoms with E-state index >= 15 is 0 Å². The van der Waals surface area contributed by atoms with Gasteiger partial charge in [0.15, 0.2) is 0 Å². The standard InChI is InChI=1S/C13H20N2O/c1-9-5-10(2)12(11(3)6-9)8-15(4)13(16)7-14/h5-6H,7-8,14H2,1-4H3. The van der Waals surface area contributed by atoms with Crippen LogP contribution in [0.3, 0.4) is 0 Å². The van der Waals surface area contributed by atoms with Gasteiger partial charge in [0.25, 0.3) is 0 Å². The molecule has 16 heavy (non-hydrogen) atoms. The van der Waals surface area contributed by atoms with Crippen LogP contribution in [0.1, 0.15) is 22.3 Å². The largest absolute Gasteiger partial charge is 0.340 e. The zero-order valence-corrected chi connectivity index (χ0v) is 10.5. The topological polar surface area (TPSA) is 46.3 Å². The Morgan fingerprint density at radius 2 is 1.75 bits per heavy atom. The van der Waals surface area contributed by atoms with E-state index in [0.29, 0.717) is 6.54 Å². The first-order chi connectivity index (χ1) is 7.45. The van der Waals surface area contributed by atoms with E-state index in [4.69, 9.17) is 5.73 Å². The van der Waals surface area contributed by atoms with Crippen molar-refractivity contribution in [3.63, 3.8) is 0 Å². The number of carbonyl (C=O) groups is 1. The first-order valence-electron chi connectivity index (χ1n) is 5.46. The fourth-order valence-electron chi connectivity index (χ4n) is 1.94. The monoisotopic (exact) mass is 220 g/mol. The Labute approximate surface area is 97.2 Å². The summed E-state index contributed by atoms with van der Waals surface area (Å²) in [7, 11) is 1.79. The molecule has 0 unspecified atom stereocenters. The lowest BCUT2D eigenvalue weighted by atomic mass is 9.99. The maximum absolute atomic E-state index is 11.4. The van der Waals surface area contributed by atoms with Gasteiger partial charge in [0.1, 0.15) is 0 Å². The van der Waals surface area contributed by atoms with E-state index in [9.17, 15) is 4.79 Å². The van der Waals surface area contributed by atoms with Crippen LogP contribution in [0.4, 0.5) is 0 Å². The Balaban J connectivity index is 2.93. The summed E-state index contributed by atoms with van der Waals surface area (Å²) in [6.07, 6.45) is 0. The minimum atomic E-state index is -0.0284. The second-order valence-corrected chi connectivity index (χ2v) is 4.33. The summed E-state index contributed by atoms with van der Waals surface area (Å²) in [5.74, 6) is -0.0284. The lowest BCUT2D eigenvalue weighted by molar-refractivity contribution is -0.128. The molecule has 0 saturated carbocycles. The summed E-state index contributed by atoms with van der Waals surface area (Å²) >= 11 is 0. The second-order valence-electron chi connectivity index (χ2n) is 4.33. The molecule has 3 nitrogen and oxygen atoms in total. The molecule has 0 heterocycles. The van der Waals surface area contributed by atoms with Crippen LogP contribution in [-0.4, -0.2) is 24.4 Å². The van der Waals surface area contributed by atoms with E-state index in [1.54, 1.807) is 11.9 Å². The third-order valence-electron chi connectivity index (χ3n) is 2.84. The maximum Gasteiger partial charge on any atom is 0.236 e. The molecule has 1 amide bonds. The number of amides is 1. The first kappa shape index (κ1) is 12.7. The number of aryl methyl sites for hydroxylation is 3. The van der Waals surface area contributed by atoms with Crippen LogP contribution in [0.2, 0.25) is 0 Å². The van der Waals surface area contributed by atoms with Gasteiger partial charge in [0, 0.05) is 13.6 Å². The zero-order chi connectivity index (χ0) is 12.3. The molecule has 0 fully saturated rings. The minimum Gasteiger partial charge on any atom is -0.340 e. The highest BCUT2D eigenvalue weighted by Gasteiger charge is 2.10. The molecule has 0 bridgehead atoms. The number of carbonyl (C=O) groups excluding carboxylic acids is 1. The zero-order valence-electron chi connectivity index (χ0n) is 10.5. The molecule has 0 spiro atoms. The van der Waals surface area contributed by atoms with Gasteiger partial charge in [-0.1, -0.05) is 17.7 Å². The molecule has 1 rings (SSSR count). The van der Waals surface area contributed by atoms with Crippen LogP contribution >= 0.6 is 0 Å². The van der Waals surface area contributed by atoms with Crippen molar-refractivity contribution in [1.29, 1.82) is 0 Å². The van der Waals surface area contributed by atoms with Gasteiger partial charge in [-0.3, -0.25) is 4.79 Å². The summed E-state index contributed by atoms with van der Waals surface area (Å²) in [4.78, 5) is 13.1. The van der Waals surface area contributed by atoms with Crippen molar-refractivity contribution in [3.8, 4) is 0 Å². The summed E-state index contributed by atoms with van der Waals surface area (Å²) in [5.41, 5.74) is 10.3. The van der Waals surface area contributed by atoms with Gasteiger partial charge in [-0.2, -0.15) is 0 Å². The fourth-order valence-corrected chi connectivity index (χ4v) is 1.94. The Kier molecular flexibility index (Phi) is 4.07. The summed E-state index contributed by atoms with van der Waals surface area (Å²) < 4.78 is 0. The van der Waals surface area contributed by atoms with Gasteiger partial charge in [-0.05, 0) is 37.5 Å². The molecule has 0 aliphatic heterocycles. The smallest absolute Gasteiger partial charge is 0.236 e. The van der Waals surface area contributed by atoms with Gasteiger partial charge < -0.3 is 10.6 Å². The van der Waals surface area contributed by atoms with E-state index in [0.717, 1.165) is 0 Å². The van der Waals surface area contributed by atoms with Crippen LogP contribution in [0.15, 0.2) is 12.1 Å². The molecule has 1 aromatic rings. The number of rotatable bonds is 3. The highest BCUT2D eigenvalue weighted by atomic mass is 16.2. The van der Waals surface area contributed by atoms with E-state index in [-0.39, 0.29) is 12.5 Å². The lowest BCUT2D eigenvalue weighted by Gasteiger charge is -2.19. The molecule has 88 valence electrons. The van der Waals surface area contributed by atoms with Gasteiger partial charge in [-0.25, -0.2) is 0 Å². The molecule has 0 radical (unpaired) electrons. The van der Waals surface area contributed by atoms with Gasteiger partial charge in [0.05, 0.1) is 6.54 Å². The van der Waals surface area contributed by atoms with Crippen molar-refractivity contribution in [2.24, 2.45) is 5.73 Å². The van der Waals surface area contributed by atoms with Crippen molar-refractivity contribution >= 4 is 5.91 Å². The lowest BCUT2D eigenvalue weighted by Crippen LogP contribution is -2.32. The highest BCUT2D eigenvalue weighted by Crippen LogP contribution is 2.17. The number of likely N-dealkylation sites (N-methyl/N-ethyl adjacent to an activating group) is 1. The van der Waals surface area contributed by atoms with Crippen molar-refractivity contribution in [1.82, 2.24) is 4.90 Å². The molecule has 0 aromatic heterocycles. The van der Waals surface area contributed by atoms with Crippen molar-refractivity contribution in [3.05, 3.63) is 34.4 Å². The molecule has 3 heteroatoms. The van der Waals surface area contributed by atoms with E-state index in [1.165, 1.54) is 22.3 Å². The molecule has 0 saturated heterocycles. The van der Waals surface area contributed by atoms with Gasteiger partial charge in [-0.15, -0.1) is 0 Å².